The maximum absolute atomic E-state index is 12.8. The molecule has 0 rings (SSSR count). The number of rotatable bonds is 59. The molecule has 6 heteroatoms. The van der Waals surface area contributed by atoms with Crippen LogP contribution in [0.2, 0.25) is 0 Å². The van der Waals surface area contributed by atoms with E-state index in [2.05, 4.69) is 57.2 Å². The molecule has 0 heterocycles. The number of allylic oxidation sites excluding steroid dienone is 6. The lowest BCUT2D eigenvalue weighted by Crippen LogP contribution is -2.30. The highest BCUT2D eigenvalue weighted by Crippen LogP contribution is 2.18. The van der Waals surface area contributed by atoms with Crippen LogP contribution in [0.4, 0.5) is 0 Å². The van der Waals surface area contributed by atoms with Crippen molar-refractivity contribution < 1.29 is 28.6 Å². The van der Waals surface area contributed by atoms with Gasteiger partial charge in [0.2, 0.25) is 0 Å². The van der Waals surface area contributed by atoms with Crippen LogP contribution in [0.25, 0.3) is 0 Å². The van der Waals surface area contributed by atoms with Gasteiger partial charge in [0.05, 0.1) is 0 Å². The maximum atomic E-state index is 12.8. The van der Waals surface area contributed by atoms with Crippen molar-refractivity contribution in [2.45, 2.75) is 354 Å². The second kappa shape index (κ2) is 61.2. The van der Waals surface area contributed by atoms with Crippen LogP contribution in [0.5, 0.6) is 0 Å². The van der Waals surface area contributed by atoms with Gasteiger partial charge >= 0.3 is 17.9 Å². The zero-order valence-electron chi connectivity index (χ0n) is 48.5. The molecular formula is C66H122O6. The molecule has 0 spiro atoms. The van der Waals surface area contributed by atoms with Crippen molar-refractivity contribution in [3.05, 3.63) is 36.5 Å². The van der Waals surface area contributed by atoms with Crippen molar-refractivity contribution in [1.29, 1.82) is 0 Å². The second-order valence-electron chi connectivity index (χ2n) is 21.7. The molecule has 422 valence electrons. The third kappa shape index (κ3) is 58.5. The minimum absolute atomic E-state index is 0.0697. The molecule has 6 nitrogen and oxygen atoms in total. The van der Waals surface area contributed by atoms with Gasteiger partial charge in [0, 0.05) is 19.3 Å². The molecule has 0 aromatic rings. The number of unbranched alkanes of at least 4 members (excludes halogenated alkanes) is 42. The SMILES string of the molecule is CCCCCCC/C=C\C/C=C\C/C=C\CCCCCCCCCCCCC(=O)OCC(COC(=O)CCCCCCCC)OC(=O)CCCCCCCCCCCCCCCCCCCCCCCCC. The normalized spacial score (nSPS) is 12.2. The van der Waals surface area contributed by atoms with Crippen LogP contribution < -0.4 is 0 Å². The molecular weight excluding hydrogens is 889 g/mol. The maximum Gasteiger partial charge on any atom is 0.306 e. The highest BCUT2D eigenvalue weighted by atomic mass is 16.6. The van der Waals surface area contributed by atoms with Gasteiger partial charge < -0.3 is 14.2 Å². The van der Waals surface area contributed by atoms with Crippen LogP contribution in [0.15, 0.2) is 36.5 Å². The van der Waals surface area contributed by atoms with Crippen molar-refractivity contribution in [3.63, 3.8) is 0 Å². The predicted octanol–water partition coefficient (Wildman–Crippen LogP) is 21.6. The number of ether oxygens (including phenoxy) is 3. The summed E-state index contributed by atoms with van der Waals surface area (Å²) < 4.78 is 16.8. The van der Waals surface area contributed by atoms with Crippen LogP contribution in [-0.4, -0.2) is 37.2 Å². The Kier molecular flexibility index (Phi) is 59.2. The number of hydrogen-bond acceptors (Lipinski definition) is 6. The summed E-state index contributed by atoms with van der Waals surface area (Å²) in [7, 11) is 0. The molecule has 0 amide bonds. The number of carbonyl (C=O) groups is 3. The van der Waals surface area contributed by atoms with Gasteiger partial charge in [-0.25, -0.2) is 0 Å². The first kappa shape index (κ1) is 69.6. The molecule has 0 saturated heterocycles. The third-order valence-electron chi connectivity index (χ3n) is 14.4. The van der Waals surface area contributed by atoms with Crippen LogP contribution in [-0.2, 0) is 28.6 Å². The lowest BCUT2D eigenvalue weighted by Gasteiger charge is -2.18. The Morgan fingerprint density at radius 2 is 0.500 bits per heavy atom. The molecule has 0 saturated carbocycles. The summed E-state index contributed by atoms with van der Waals surface area (Å²) in [4.78, 5) is 38.0. The molecule has 0 aliphatic carbocycles. The van der Waals surface area contributed by atoms with E-state index < -0.39 is 6.10 Å². The van der Waals surface area contributed by atoms with Gasteiger partial charge in [-0.2, -0.15) is 0 Å². The van der Waals surface area contributed by atoms with E-state index in [-0.39, 0.29) is 31.1 Å². The van der Waals surface area contributed by atoms with Gasteiger partial charge in [-0.15, -0.1) is 0 Å². The largest absolute Gasteiger partial charge is 0.462 e. The van der Waals surface area contributed by atoms with E-state index in [4.69, 9.17) is 14.2 Å². The molecule has 1 unspecified atom stereocenters. The summed E-state index contributed by atoms with van der Waals surface area (Å²) in [6.07, 6.45) is 74.8. The lowest BCUT2D eigenvalue weighted by atomic mass is 10.0. The van der Waals surface area contributed by atoms with Gasteiger partial charge in [0.1, 0.15) is 13.2 Å². The van der Waals surface area contributed by atoms with E-state index in [1.807, 2.05) is 0 Å². The topological polar surface area (TPSA) is 78.9 Å². The molecule has 0 N–H and O–H groups in total. The predicted molar refractivity (Wildman–Crippen MR) is 312 cm³/mol. The minimum atomic E-state index is -0.768. The summed E-state index contributed by atoms with van der Waals surface area (Å²) in [6.45, 7) is 6.62. The Hall–Kier alpha value is -2.37. The van der Waals surface area contributed by atoms with Crippen LogP contribution >= 0.6 is 0 Å². The zero-order chi connectivity index (χ0) is 52.2. The van der Waals surface area contributed by atoms with E-state index in [1.165, 1.54) is 238 Å². The molecule has 1 atom stereocenters. The zero-order valence-corrected chi connectivity index (χ0v) is 48.5. The molecule has 0 bridgehead atoms. The summed E-state index contributed by atoms with van der Waals surface area (Å²) in [5, 5.41) is 0. The van der Waals surface area contributed by atoms with Gasteiger partial charge in [-0.05, 0) is 57.8 Å². The Morgan fingerprint density at radius 3 is 0.778 bits per heavy atom. The van der Waals surface area contributed by atoms with E-state index in [1.54, 1.807) is 0 Å². The van der Waals surface area contributed by atoms with Gasteiger partial charge in [0.15, 0.2) is 6.10 Å². The number of esters is 3. The summed E-state index contributed by atoms with van der Waals surface area (Å²) in [5.41, 5.74) is 0. The third-order valence-corrected chi connectivity index (χ3v) is 14.4. The van der Waals surface area contributed by atoms with Crippen molar-refractivity contribution in [1.82, 2.24) is 0 Å². The average molecular weight is 1010 g/mol. The fraction of sp³-hybridized carbons (Fsp3) is 0.864. The van der Waals surface area contributed by atoms with Crippen LogP contribution in [0.1, 0.15) is 348 Å². The smallest absolute Gasteiger partial charge is 0.306 e. The Morgan fingerprint density at radius 1 is 0.278 bits per heavy atom. The monoisotopic (exact) mass is 1010 g/mol. The Balaban J connectivity index is 4.06. The first-order valence-electron chi connectivity index (χ1n) is 32.0. The Bertz CT molecular complexity index is 1210. The lowest BCUT2D eigenvalue weighted by molar-refractivity contribution is -0.167. The van der Waals surface area contributed by atoms with Crippen molar-refractivity contribution in [3.8, 4) is 0 Å². The summed E-state index contributed by atoms with van der Waals surface area (Å²) >= 11 is 0. The number of hydrogen-bond donors (Lipinski definition) is 0. The van der Waals surface area contributed by atoms with Crippen molar-refractivity contribution >= 4 is 17.9 Å². The summed E-state index contributed by atoms with van der Waals surface area (Å²) in [5.74, 6) is -0.862. The Labute approximate surface area is 448 Å². The van der Waals surface area contributed by atoms with Crippen molar-refractivity contribution in [2.24, 2.45) is 0 Å². The number of carbonyl (C=O) groups excluding carboxylic acids is 3. The van der Waals surface area contributed by atoms with Gasteiger partial charge in [0.25, 0.3) is 0 Å². The average Bonchev–Trinajstić information content (AvgIpc) is 3.38. The fourth-order valence-corrected chi connectivity index (χ4v) is 9.57. The molecule has 0 radical (unpaired) electrons. The van der Waals surface area contributed by atoms with E-state index in [9.17, 15) is 14.4 Å². The van der Waals surface area contributed by atoms with E-state index in [0.717, 1.165) is 70.6 Å². The minimum Gasteiger partial charge on any atom is -0.462 e. The van der Waals surface area contributed by atoms with E-state index >= 15 is 0 Å². The first-order valence-corrected chi connectivity index (χ1v) is 32.0. The molecule has 0 aromatic carbocycles. The first-order chi connectivity index (χ1) is 35.5. The highest BCUT2D eigenvalue weighted by Gasteiger charge is 2.19. The van der Waals surface area contributed by atoms with E-state index in [0.29, 0.717) is 19.3 Å². The van der Waals surface area contributed by atoms with Crippen molar-refractivity contribution in [2.75, 3.05) is 13.2 Å². The molecule has 0 aliphatic heterocycles. The highest BCUT2D eigenvalue weighted by molar-refractivity contribution is 5.71. The fourth-order valence-electron chi connectivity index (χ4n) is 9.57. The van der Waals surface area contributed by atoms with Gasteiger partial charge in [-0.3, -0.25) is 14.4 Å². The molecule has 0 aliphatic rings. The van der Waals surface area contributed by atoms with Crippen LogP contribution in [0, 0.1) is 0 Å². The molecule has 72 heavy (non-hydrogen) atoms. The van der Waals surface area contributed by atoms with Crippen LogP contribution in [0.3, 0.4) is 0 Å². The molecule has 0 aromatic heterocycles. The standard InChI is InChI=1S/C66H122O6/c1-4-7-10-13-16-18-20-22-24-26-28-30-32-33-35-36-38-40-42-44-46-48-50-53-56-59-65(68)71-62-63(61-70-64(67)58-55-52-15-12-9-6-3)72-66(69)60-57-54-51-49-47-45-43-41-39-37-34-31-29-27-25-23-21-19-17-14-11-8-5-2/h20,22,26,28,32-33,63H,4-19,21,23-25,27,29-31,34-62H2,1-3H3/b22-20-,28-26-,33-32-. The molecule has 0 fully saturated rings. The second-order valence-corrected chi connectivity index (χ2v) is 21.7. The summed E-state index contributed by atoms with van der Waals surface area (Å²) in [6, 6.07) is 0. The van der Waals surface area contributed by atoms with Gasteiger partial charge in [-0.1, -0.05) is 308 Å². The quantitative estimate of drug-likeness (QED) is 0.0261.